The average Bonchev–Trinajstić information content (AvgIpc) is 3.35. The quantitative estimate of drug-likeness (QED) is 0.215. The minimum atomic E-state index is -0.502. The van der Waals surface area contributed by atoms with Gasteiger partial charge in [-0.05, 0) is 41.1 Å². The first-order valence-electron chi connectivity index (χ1n) is 8.55. The largest absolute Gasteiger partial charge is 0.460 e. The van der Waals surface area contributed by atoms with Gasteiger partial charge in [0.2, 0.25) is 0 Å². The molecular weight excluding hydrogens is 358 g/mol. The number of aromatic nitrogens is 2. The van der Waals surface area contributed by atoms with E-state index in [1.165, 1.54) is 23.2 Å². The van der Waals surface area contributed by atoms with Crippen molar-refractivity contribution in [1.29, 1.82) is 0 Å². The van der Waals surface area contributed by atoms with E-state index in [0.29, 0.717) is 17.1 Å². The Morgan fingerprint density at radius 1 is 1.14 bits per heavy atom. The Morgan fingerprint density at radius 2 is 1.96 bits per heavy atom. The second kappa shape index (κ2) is 7.32. The molecule has 0 atom stereocenters. The molecule has 4 aromatic rings. The van der Waals surface area contributed by atoms with E-state index in [0.717, 1.165) is 10.8 Å². The molecule has 0 aliphatic rings. The summed E-state index contributed by atoms with van der Waals surface area (Å²) in [7, 11) is 0. The maximum Gasteiger partial charge on any atom is 0.307 e. The number of nitrogens with zero attached hydrogens (tertiary/aromatic N) is 3. The highest BCUT2D eigenvalue weighted by Crippen LogP contribution is 2.17. The van der Waals surface area contributed by atoms with Crippen molar-refractivity contribution in [2.45, 2.75) is 6.54 Å². The SMILES string of the molecule is O=C(/C=C/c1ccc(Cn2cc([N+](=O)[O-])cn2)o1)c1ccc2ccccc2c1. The Kier molecular flexibility index (Phi) is 4.55. The highest BCUT2D eigenvalue weighted by Gasteiger charge is 2.10. The lowest BCUT2D eigenvalue weighted by Crippen LogP contribution is -1.98. The van der Waals surface area contributed by atoms with Crippen molar-refractivity contribution in [3.05, 3.63) is 100 Å². The second-order valence-electron chi connectivity index (χ2n) is 6.22. The Morgan fingerprint density at radius 3 is 2.75 bits per heavy atom. The molecule has 28 heavy (non-hydrogen) atoms. The number of nitro groups is 1. The molecule has 0 unspecified atom stereocenters. The van der Waals surface area contributed by atoms with Crippen LogP contribution in [0, 0.1) is 10.1 Å². The van der Waals surface area contributed by atoms with E-state index in [-0.39, 0.29) is 18.0 Å². The monoisotopic (exact) mass is 373 g/mol. The van der Waals surface area contributed by atoms with Crippen molar-refractivity contribution < 1.29 is 14.1 Å². The minimum Gasteiger partial charge on any atom is -0.460 e. The summed E-state index contributed by atoms with van der Waals surface area (Å²) in [5.41, 5.74) is 0.526. The molecule has 0 N–H and O–H groups in total. The molecule has 0 aliphatic heterocycles. The molecule has 0 bridgehead atoms. The molecule has 7 nitrogen and oxygen atoms in total. The molecular formula is C21H15N3O4. The summed E-state index contributed by atoms with van der Waals surface area (Å²) < 4.78 is 7.07. The first-order valence-corrected chi connectivity index (χ1v) is 8.55. The van der Waals surface area contributed by atoms with Gasteiger partial charge in [0.05, 0.1) is 11.5 Å². The first-order chi connectivity index (χ1) is 13.6. The van der Waals surface area contributed by atoms with Gasteiger partial charge in [-0.3, -0.25) is 19.6 Å². The number of allylic oxidation sites excluding steroid dienone is 1. The summed E-state index contributed by atoms with van der Waals surface area (Å²) in [6.07, 6.45) is 5.59. The van der Waals surface area contributed by atoms with Gasteiger partial charge in [-0.1, -0.05) is 36.4 Å². The van der Waals surface area contributed by atoms with Gasteiger partial charge in [-0.2, -0.15) is 5.10 Å². The van der Waals surface area contributed by atoms with Gasteiger partial charge in [-0.25, -0.2) is 0 Å². The fourth-order valence-corrected chi connectivity index (χ4v) is 2.86. The molecule has 0 aliphatic carbocycles. The molecule has 0 radical (unpaired) electrons. The lowest BCUT2D eigenvalue weighted by atomic mass is 10.0. The maximum atomic E-state index is 12.4. The molecule has 7 heteroatoms. The molecule has 2 aromatic heterocycles. The lowest BCUT2D eigenvalue weighted by Gasteiger charge is -2.00. The minimum absolute atomic E-state index is 0.0762. The predicted octanol–water partition coefficient (Wildman–Crippen LogP) is 4.48. The topological polar surface area (TPSA) is 91.2 Å². The molecule has 0 saturated carbocycles. The third-order valence-electron chi connectivity index (χ3n) is 4.26. The maximum absolute atomic E-state index is 12.4. The van der Waals surface area contributed by atoms with Crippen LogP contribution < -0.4 is 0 Å². The number of rotatable bonds is 6. The molecule has 2 aromatic carbocycles. The third kappa shape index (κ3) is 3.73. The predicted molar refractivity (Wildman–Crippen MR) is 104 cm³/mol. The number of hydrogen-bond acceptors (Lipinski definition) is 5. The zero-order valence-corrected chi connectivity index (χ0v) is 14.7. The number of furan rings is 1. The molecule has 138 valence electrons. The van der Waals surface area contributed by atoms with Crippen LogP contribution >= 0.6 is 0 Å². The Labute approximate surface area is 159 Å². The van der Waals surface area contributed by atoms with E-state index < -0.39 is 4.92 Å². The summed E-state index contributed by atoms with van der Waals surface area (Å²) >= 11 is 0. The number of hydrogen-bond donors (Lipinski definition) is 0. The van der Waals surface area contributed by atoms with Gasteiger partial charge in [-0.15, -0.1) is 0 Å². The zero-order chi connectivity index (χ0) is 19.5. The highest BCUT2D eigenvalue weighted by molar-refractivity contribution is 6.08. The van der Waals surface area contributed by atoms with Gasteiger partial charge in [0.1, 0.15) is 23.9 Å². The molecule has 4 rings (SSSR count). The standard InChI is InChI=1S/C21H15N3O4/c25-21(17-6-5-15-3-1-2-4-16(15)11-17)10-9-19-7-8-20(28-19)14-23-13-18(12-22-23)24(26)27/h1-13H,14H2/b10-9+. The van der Waals surface area contributed by atoms with Gasteiger partial charge < -0.3 is 4.42 Å². The van der Waals surface area contributed by atoms with Crippen molar-refractivity contribution >= 4 is 28.3 Å². The number of benzene rings is 2. The van der Waals surface area contributed by atoms with Crippen LogP contribution in [0.25, 0.3) is 16.8 Å². The van der Waals surface area contributed by atoms with Gasteiger partial charge >= 0.3 is 5.69 Å². The fraction of sp³-hybridized carbons (Fsp3) is 0.0476. The van der Waals surface area contributed by atoms with Gasteiger partial charge in [0.25, 0.3) is 0 Å². The van der Waals surface area contributed by atoms with E-state index in [9.17, 15) is 14.9 Å². The van der Waals surface area contributed by atoms with Gasteiger partial charge in [0.15, 0.2) is 5.78 Å². The van der Waals surface area contributed by atoms with Crippen LogP contribution in [-0.2, 0) is 6.54 Å². The summed E-state index contributed by atoms with van der Waals surface area (Å²) in [5, 5.41) is 16.7. The average molecular weight is 373 g/mol. The summed E-state index contributed by atoms with van der Waals surface area (Å²) in [6.45, 7) is 0.264. The van der Waals surface area contributed by atoms with Crippen LogP contribution in [0.4, 0.5) is 5.69 Å². The van der Waals surface area contributed by atoms with Crippen LogP contribution in [0.2, 0.25) is 0 Å². The van der Waals surface area contributed by atoms with E-state index >= 15 is 0 Å². The molecule has 0 saturated heterocycles. The number of fused-ring (bicyclic) bond motifs is 1. The van der Waals surface area contributed by atoms with E-state index in [2.05, 4.69) is 5.10 Å². The van der Waals surface area contributed by atoms with Crippen molar-refractivity contribution in [2.24, 2.45) is 0 Å². The Hall–Kier alpha value is -4.00. The normalized spacial score (nSPS) is 11.3. The van der Waals surface area contributed by atoms with Crippen molar-refractivity contribution in [2.75, 3.05) is 0 Å². The molecule has 2 heterocycles. The first kappa shape index (κ1) is 17.4. The van der Waals surface area contributed by atoms with Crippen LogP contribution in [0.3, 0.4) is 0 Å². The van der Waals surface area contributed by atoms with Crippen LogP contribution in [-0.4, -0.2) is 20.5 Å². The van der Waals surface area contributed by atoms with Crippen molar-refractivity contribution in [3.8, 4) is 0 Å². The van der Waals surface area contributed by atoms with E-state index in [1.54, 1.807) is 24.3 Å². The zero-order valence-electron chi connectivity index (χ0n) is 14.7. The Bertz CT molecular complexity index is 1200. The van der Waals surface area contributed by atoms with Crippen LogP contribution in [0.5, 0.6) is 0 Å². The molecule has 0 amide bonds. The summed E-state index contributed by atoms with van der Waals surface area (Å²) in [4.78, 5) is 22.6. The third-order valence-corrected chi connectivity index (χ3v) is 4.26. The molecule has 0 spiro atoms. The summed E-state index contributed by atoms with van der Waals surface area (Å²) in [6, 6.07) is 16.9. The number of carbonyl (C=O) groups is 1. The smallest absolute Gasteiger partial charge is 0.307 e. The fourth-order valence-electron chi connectivity index (χ4n) is 2.86. The summed E-state index contributed by atoms with van der Waals surface area (Å²) in [5.74, 6) is 0.980. The van der Waals surface area contributed by atoms with E-state index in [1.807, 2.05) is 36.4 Å². The highest BCUT2D eigenvalue weighted by atomic mass is 16.6. The lowest BCUT2D eigenvalue weighted by molar-refractivity contribution is -0.385. The van der Waals surface area contributed by atoms with Crippen LogP contribution in [0.1, 0.15) is 21.9 Å². The van der Waals surface area contributed by atoms with Gasteiger partial charge in [0, 0.05) is 5.56 Å². The number of carbonyl (C=O) groups excluding carboxylic acids is 1. The van der Waals surface area contributed by atoms with Crippen molar-refractivity contribution in [1.82, 2.24) is 9.78 Å². The molecule has 0 fully saturated rings. The van der Waals surface area contributed by atoms with Crippen LogP contribution in [0.15, 0.2) is 77.5 Å². The number of ketones is 1. The van der Waals surface area contributed by atoms with E-state index in [4.69, 9.17) is 4.42 Å². The van der Waals surface area contributed by atoms with Crippen molar-refractivity contribution in [3.63, 3.8) is 0 Å². The Balaban J connectivity index is 1.45. The second-order valence-corrected chi connectivity index (χ2v) is 6.22.